The van der Waals surface area contributed by atoms with E-state index in [0.717, 1.165) is 31.0 Å². The van der Waals surface area contributed by atoms with E-state index in [0.29, 0.717) is 17.7 Å². The van der Waals surface area contributed by atoms with E-state index in [4.69, 9.17) is 4.42 Å². The molecular weight excluding hydrogens is 316 g/mol. The van der Waals surface area contributed by atoms with Gasteiger partial charge < -0.3 is 8.98 Å². The lowest BCUT2D eigenvalue weighted by Crippen LogP contribution is -2.36. The Morgan fingerprint density at radius 3 is 2.68 bits per heavy atom. The minimum absolute atomic E-state index is 0.0554. The van der Waals surface area contributed by atoms with Gasteiger partial charge in [0.15, 0.2) is 0 Å². The van der Waals surface area contributed by atoms with Crippen LogP contribution in [0.25, 0.3) is 11.5 Å². The quantitative estimate of drug-likeness (QED) is 0.729. The molecule has 1 atom stereocenters. The topological polar surface area (TPSA) is 72.9 Å². The zero-order chi connectivity index (χ0) is 16.8. The molecule has 1 aliphatic carbocycles. The van der Waals surface area contributed by atoms with Crippen LogP contribution in [0, 0.1) is 0 Å². The average Bonchev–Trinajstić information content (AvgIpc) is 3.22. The molecule has 7 heteroatoms. The Bertz CT molecular complexity index is 882. The van der Waals surface area contributed by atoms with E-state index in [-0.39, 0.29) is 6.04 Å². The van der Waals surface area contributed by atoms with E-state index in [2.05, 4.69) is 36.8 Å². The molecule has 1 saturated carbocycles. The van der Waals surface area contributed by atoms with Gasteiger partial charge in [-0.3, -0.25) is 4.90 Å². The average molecular weight is 336 g/mol. The smallest absolute Gasteiger partial charge is 0.247 e. The van der Waals surface area contributed by atoms with Gasteiger partial charge in [0.05, 0.1) is 12.6 Å². The van der Waals surface area contributed by atoms with Gasteiger partial charge >= 0.3 is 0 Å². The highest BCUT2D eigenvalue weighted by atomic mass is 16.4. The third-order valence-electron chi connectivity index (χ3n) is 5.12. The lowest BCUT2D eigenvalue weighted by atomic mass is 10.2. The third kappa shape index (κ3) is 2.64. The normalized spacial score (nSPS) is 18.9. The van der Waals surface area contributed by atoms with Crippen molar-refractivity contribution >= 4 is 0 Å². The first-order chi connectivity index (χ1) is 12.3. The summed E-state index contributed by atoms with van der Waals surface area (Å²) in [4.78, 5) is 2.32. The van der Waals surface area contributed by atoms with Gasteiger partial charge in [-0.15, -0.1) is 20.4 Å². The van der Waals surface area contributed by atoms with Gasteiger partial charge in [0.1, 0.15) is 11.6 Å². The molecule has 0 saturated heterocycles. The number of hydrogen-bond acceptors (Lipinski definition) is 6. The standard InChI is InChI=1S/C18H20N6O/c1-12(17-21-22-18(25-17)14-5-3-2-4-6-14)23-9-10-24-15(11-23)19-20-16(24)13-7-8-13/h2-6,12-13H,7-11H2,1H3/t12-/m1/s1. The van der Waals surface area contributed by atoms with E-state index in [1.807, 2.05) is 30.3 Å². The molecule has 7 nitrogen and oxygen atoms in total. The molecule has 1 aliphatic heterocycles. The van der Waals surface area contributed by atoms with Crippen LogP contribution in [0.3, 0.4) is 0 Å². The first kappa shape index (κ1) is 14.8. The maximum atomic E-state index is 5.92. The minimum atomic E-state index is 0.0554. The van der Waals surface area contributed by atoms with Crippen LogP contribution in [-0.4, -0.2) is 36.4 Å². The van der Waals surface area contributed by atoms with Crippen LogP contribution in [0.1, 0.15) is 49.3 Å². The molecule has 0 radical (unpaired) electrons. The van der Waals surface area contributed by atoms with Crippen LogP contribution in [0.4, 0.5) is 0 Å². The fourth-order valence-corrected chi connectivity index (χ4v) is 3.43. The van der Waals surface area contributed by atoms with Gasteiger partial charge in [-0.2, -0.15) is 0 Å². The maximum Gasteiger partial charge on any atom is 0.247 e. The summed E-state index contributed by atoms with van der Waals surface area (Å²) in [6.07, 6.45) is 2.50. The molecule has 128 valence electrons. The molecule has 5 rings (SSSR count). The van der Waals surface area contributed by atoms with Gasteiger partial charge in [-0.1, -0.05) is 18.2 Å². The van der Waals surface area contributed by atoms with Crippen molar-refractivity contribution < 1.29 is 4.42 Å². The Balaban J connectivity index is 1.34. The molecule has 1 fully saturated rings. The Morgan fingerprint density at radius 1 is 1.04 bits per heavy atom. The second-order valence-electron chi connectivity index (χ2n) is 6.86. The summed E-state index contributed by atoms with van der Waals surface area (Å²) in [7, 11) is 0. The maximum absolute atomic E-state index is 5.92. The SMILES string of the molecule is C[C@H](c1nnc(-c2ccccc2)o1)N1CCn2c(nnc2C2CC2)C1. The van der Waals surface area contributed by atoms with Gasteiger partial charge in [0.2, 0.25) is 11.8 Å². The number of nitrogens with zero attached hydrogens (tertiary/aromatic N) is 6. The molecular formula is C18H20N6O. The Hall–Kier alpha value is -2.54. The molecule has 0 amide bonds. The number of fused-ring (bicyclic) bond motifs is 1. The van der Waals surface area contributed by atoms with Crippen molar-refractivity contribution in [3.63, 3.8) is 0 Å². The van der Waals surface area contributed by atoms with Crippen molar-refractivity contribution in [1.82, 2.24) is 29.9 Å². The summed E-state index contributed by atoms with van der Waals surface area (Å²) in [5.41, 5.74) is 0.945. The van der Waals surface area contributed by atoms with Crippen molar-refractivity contribution in [3.8, 4) is 11.5 Å². The number of rotatable bonds is 4. The van der Waals surface area contributed by atoms with Crippen LogP contribution in [0.5, 0.6) is 0 Å². The Morgan fingerprint density at radius 2 is 1.88 bits per heavy atom. The molecule has 1 aromatic carbocycles. The summed E-state index contributed by atoms with van der Waals surface area (Å²) in [5, 5.41) is 17.3. The van der Waals surface area contributed by atoms with Crippen molar-refractivity contribution in [3.05, 3.63) is 47.9 Å². The number of benzene rings is 1. The van der Waals surface area contributed by atoms with Gasteiger partial charge in [0, 0.05) is 24.6 Å². The summed E-state index contributed by atoms with van der Waals surface area (Å²) in [6.45, 7) is 4.74. The largest absolute Gasteiger partial charge is 0.419 e. The van der Waals surface area contributed by atoms with E-state index in [9.17, 15) is 0 Å². The molecule has 2 aromatic heterocycles. The van der Waals surface area contributed by atoms with E-state index >= 15 is 0 Å². The molecule has 0 N–H and O–H groups in total. The first-order valence-corrected chi connectivity index (χ1v) is 8.84. The third-order valence-corrected chi connectivity index (χ3v) is 5.12. The van der Waals surface area contributed by atoms with Crippen molar-refractivity contribution in [2.45, 2.75) is 44.8 Å². The summed E-state index contributed by atoms with van der Waals surface area (Å²) < 4.78 is 8.22. The van der Waals surface area contributed by atoms with Crippen LogP contribution >= 0.6 is 0 Å². The first-order valence-electron chi connectivity index (χ1n) is 8.84. The van der Waals surface area contributed by atoms with Crippen molar-refractivity contribution in [1.29, 1.82) is 0 Å². The van der Waals surface area contributed by atoms with E-state index in [1.165, 1.54) is 18.7 Å². The summed E-state index contributed by atoms with van der Waals surface area (Å²) in [6, 6.07) is 9.92. The van der Waals surface area contributed by atoms with Crippen LogP contribution in [-0.2, 0) is 13.1 Å². The van der Waals surface area contributed by atoms with Crippen LogP contribution < -0.4 is 0 Å². The van der Waals surface area contributed by atoms with E-state index in [1.54, 1.807) is 0 Å². The summed E-state index contributed by atoms with van der Waals surface area (Å²) >= 11 is 0. The highest BCUT2D eigenvalue weighted by Gasteiger charge is 2.33. The fraction of sp³-hybridized carbons (Fsp3) is 0.444. The predicted molar refractivity (Wildman–Crippen MR) is 90.6 cm³/mol. The zero-order valence-corrected chi connectivity index (χ0v) is 14.2. The number of aromatic nitrogens is 5. The highest BCUT2D eigenvalue weighted by molar-refractivity contribution is 5.51. The molecule has 25 heavy (non-hydrogen) atoms. The molecule has 0 spiro atoms. The molecule has 3 heterocycles. The Kier molecular flexibility index (Phi) is 3.41. The van der Waals surface area contributed by atoms with Gasteiger partial charge in [0.25, 0.3) is 0 Å². The molecule has 0 bridgehead atoms. The van der Waals surface area contributed by atoms with E-state index < -0.39 is 0 Å². The molecule has 2 aliphatic rings. The predicted octanol–water partition coefficient (Wildman–Crippen LogP) is 2.78. The van der Waals surface area contributed by atoms with Crippen molar-refractivity contribution in [2.75, 3.05) is 6.54 Å². The minimum Gasteiger partial charge on any atom is -0.419 e. The lowest BCUT2D eigenvalue weighted by molar-refractivity contribution is 0.142. The fourth-order valence-electron chi connectivity index (χ4n) is 3.43. The zero-order valence-electron chi connectivity index (χ0n) is 14.2. The monoisotopic (exact) mass is 336 g/mol. The second kappa shape index (κ2) is 5.77. The van der Waals surface area contributed by atoms with Crippen LogP contribution in [0.2, 0.25) is 0 Å². The van der Waals surface area contributed by atoms with Gasteiger partial charge in [-0.25, -0.2) is 0 Å². The Labute approximate surface area is 145 Å². The molecule has 3 aromatic rings. The summed E-state index contributed by atoms with van der Waals surface area (Å²) in [5.74, 6) is 4.07. The lowest BCUT2D eigenvalue weighted by Gasteiger charge is -2.30. The molecule has 0 unspecified atom stereocenters. The van der Waals surface area contributed by atoms with Gasteiger partial charge in [-0.05, 0) is 31.9 Å². The number of hydrogen-bond donors (Lipinski definition) is 0. The van der Waals surface area contributed by atoms with Crippen LogP contribution in [0.15, 0.2) is 34.7 Å². The van der Waals surface area contributed by atoms with Crippen molar-refractivity contribution in [2.24, 2.45) is 0 Å². The second-order valence-corrected chi connectivity index (χ2v) is 6.86. The highest BCUT2D eigenvalue weighted by Crippen LogP contribution is 2.40.